The highest BCUT2D eigenvalue weighted by Gasteiger charge is 2.36. The Kier molecular flexibility index (Phi) is 7.28. The Labute approximate surface area is 146 Å². The third kappa shape index (κ3) is 7.92. The van der Waals surface area contributed by atoms with Gasteiger partial charge in [0.25, 0.3) is 0 Å². The lowest BCUT2D eigenvalue weighted by Gasteiger charge is -2.19. The number of thioether (sulfide) groups is 1. The summed E-state index contributed by atoms with van der Waals surface area (Å²) >= 11 is 1.05. The summed E-state index contributed by atoms with van der Waals surface area (Å²) in [7, 11) is 0. The van der Waals surface area contributed by atoms with Crippen molar-refractivity contribution >= 4 is 35.2 Å². The van der Waals surface area contributed by atoms with E-state index in [2.05, 4.69) is 5.32 Å². The molecule has 0 spiro atoms. The molecule has 0 saturated carbocycles. The number of rotatable bonds is 7. The van der Waals surface area contributed by atoms with Crippen LogP contribution in [0.2, 0.25) is 0 Å². The van der Waals surface area contributed by atoms with E-state index >= 15 is 0 Å². The predicted molar refractivity (Wildman–Crippen MR) is 86.3 cm³/mol. The fraction of sp³-hybridized carbons (Fsp3) is 0.400. The number of benzene rings is 1. The van der Waals surface area contributed by atoms with Crippen LogP contribution in [0.3, 0.4) is 0 Å². The minimum absolute atomic E-state index is 0.238. The van der Waals surface area contributed by atoms with E-state index in [0.29, 0.717) is 10.6 Å². The molecule has 0 aromatic heterocycles. The number of carbonyl (C=O) groups excluding carboxylic acids is 2. The van der Waals surface area contributed by atoms with Crippen LogP contribution in [0, 0.1) is 0 Å². The second-order valence-electron chi connectivity index (χ2n) is 5.18. The first-order chi connectivity index (χ1) is 11.5. The van der Waals surface area contributed by atoms with E-state index in [4.69, 9.17) is 5.11 Å². The molecule has 2 unspecified atom stereocenters. The second-order valence-corrected chi connectivity index (χ2v) is 6.60. The number of anilines is 1. The average molecular weight is 378 g/mol. The van der Waals surface area contributed by atoms with Gasteiger partial charge in [-0.05, 0) is 31.2 Å². The molecule has 25 heavy (non-hydrogen) atoms. The molecule has 3 N–H and O–H groups in total. The highest BCUT2D eigenvalue weighted by atomic mass is 32.2. The minimum atomic E-state index is -4.70. The van der Waals surface area contributed by atoms with Gasteiger partial charge in [0.05, 0.1) is 11.7 Å². The van der Waals surface area contributed by atoms with E-state index in [0.717, 1.165) is 11.8 Å². The van der Waals surface area contributed by atoms with Crippen molar-refractivity contribution in [3.8, 4) is 0 Å². The van der Waals surface area contributed by atoms with Gasteiger partial charge in [-0.1, -0.05) is 0 Å². The Morgan fingerprint density at radius 3 is 2.20 bits per heavy atom. The second kappa shape index (κ2) is 8.75. The lowest BCUT2D eigenvalue weighted by molar-refractivity contribution is -0.159. The molecular weight excluding hydrogens is 361 g/mol. The van der Waals surface area contributed by atoms with Crippen molar-refractivity contribution in [2.45, 2.75) is 42.6 Å². The Balaban J connectivity index is 2.66. The lowest BCUT2D eigenvalue weighted by Crippen LogP contribution is -2.46. The standard InChI is InChI=1S/C15H17F3N2O4S/c1-8(13(22)20-12(14(23)24)7-15(16,17)18)25-11-5-3-10(4-6-11)19-9(2)21/h3-6,8,12H,7H2,1-2H3,(H,19,21)(H,20,22)(H,23,24). The summed E-state index contributed by atoms with van der Waals surface area (Å²) in [6.45, 7) is 2.81. The van der Waals surface area contributed by atoms with Gasteiger partial charge in [0.1, 0.15) is 6.04 Å². The first-order valence-corrected chi connectivity index (χ1v) is 8.00. The van der Waals surface area contributed by atoms with Crippen molar-refractivity contribution in [2.75, 3.05) is 5.32 Å². The van der Waals surface area contributed by atoms with E-state index < -0.39 is 35.8 Å². The van der Waals surface area contributed by atoms with E-state index in [1.807, 2.05) is 5.32 Å². The molecular formula is C15H17F3N2O4S. The monoisotopic (exact) mass is 378 g/mol. The molecule has 1 rings (SSSR count). The van der Waals surface area contributed by atoms with Crippen LogP contribution in [0.15, 0.2) is 29.2 Å². The van der Waals surface area contributed by atoms with E-state index in [1.165, 1.54) is 13.8 Å². The Bertz CT molecular complexity index is 635. The number of carbonyl (C=O) groups is 3. The molecule has 0 radical (unpaired) electrons. The van der Waals surface area contributed by atoms with Crippen LogP contribution in [0.25, 0.3) is 0 Å². The van der Waals surface area contributed by atoms with Gasteiger partial charge in [0.2, 0.25) is 11.8 Å². The Hall–Kier alpha value is -2.23. The molecule has 0 aliphatic heterocycles. The number of amides is 2. The molecule has 1 aromatic carbocycles. The molecule has 0 aliphatic rings. The minimum Gasteiger partial charge on any atom is -0.480 e. The quantitative estimate of drug-likeness (QED) is 0.634. The van der Waals surface area contributed by atoms with Gasteiger partial charge in [-0.25, -0.2) is 4.79 Å². The molecule has 10 heteroatoms. The van der Waals surface area contributed by atoms with Gasteiger partial charge in [0.15, 0.2) is 0 Å². The molecule has 2 amide bonds. The molecule has 6 nitrogen and oxygen atoms in total. The van der Waals surface area contributed by atoms with E-state index in [9.17, 15) is 27.6 Å². The van der Waals surface area contributed by atoms with Crippen molar-refractivity contribution < 1.29 is 32.7 Å². The largest absolute Gasteiger partial charge is 0.480 e. The molecule has 0 saturated heterocycles. The Morgan fingerprint density at radius 2 is 1.76 bits per heavy atom. The number of carboxylic acid groups (broad SMARTS) is 1. The van der Waals surface area contributed by atoms with Gasteiger partial charge >= 0.3 is 12.1 Å². The molecule has 2 atom stereocenters. The summed E-state index contributed by atoms with van der Waals surface area (Å²) < 4.78 is 37.0. The van der Waals surface area contributed by atoms with Crippen LogP contribution in [-0.2, 0) is 14.4 Å². The number of carboxylic acids is 1. The fourth-order valence-corrected chi connectivity index (χ4v) is 2.67. The van der Waals surface area contributed by atoms with Crippen molar-refractivity contribution in [2.24, 2.45) is 0 Å². The summed E-state index contributed by atoms with van der Waals surface area (Å²) in [5.74, 6) is -2.80. The van der Waals surface area contributed by atoms with Crippen LogP contribution in [0.1, 0.15) is 20.3 Å². The highest BCUT2D eigenvalue weighted by Crippen LogP contribution is 2.26. The predicted octanol–water partition coefficient (Wildman–Crippen LogP) is 2.65. The number of hydrogen-bond donors (Lipinski definition) is 3. The van der Waals surface area contributed by atoms with Gasteiger partial charge in [0, 0.05) is 17.5 Å². The van der Waals surface area contributed by atoms with Gasteiger partial charge < -0.3 is 15.7 Å². The van der Waals surface area contributed by atoms with Crippen LogP contribution in [0.5, 0.6) is 0 Å². The SMILES string of the molecule is CC(=O)Nc1ccc(SC(C)C(=O)NC(CC(F)(F)F)C(=O)O)cc1. The third-order valence-electron chi connectivity index (χ3n) is 2.91. The van der Waals surface area contributed by atoms with Gasteiger partial charge in [-0.3, -0.25) is 9.59 Å². The molecule has 0 fully saturated rings. The van der Waals surface area contributed by atoms with Crippen molar-refractivity contribution in [3.63, 3.8) is 0 Å². The average Bonchev–Trinajstić information content (AvgIpc) is 2.46. The number of alkyl halides is 3. The van der Waals surface area contributed by atoms with E-state index in [-0.39, 0.29) is 5.91 Å². The van der Waals surface area contributed by atoms with Gasteiger partial charge in [-0.2, -0.15) is 13.2 Å². The van der Waals surface area contributed by atoms with Crippen molar-refractivity contribution in [3.05, 3.63) is 24.3 Å². The highest BCUT2D eigenvalue weighted by molar-refractivity contribution is 8.00. The first-order valence-electron chi connectivity index (χ1n) is 7.12. The summed E-state index contributed by atoms with van der Waals surface area (Å²) in [6, 6.07) is 4.45. The summed E-state index contributed by atoms with van der Waals surface area (Å²) in [5.41, 5.74) is 0.560. The van der Waals surface area contributed by atoms with Gasteiger partial charge in [-0.15, -0.1) is 11.8 Å². The first kappa shape index (κ1) is 20.8. The zero-order valence-corrected chi connectivity index (χ0v) is 14.2. The van der Waals surface area contributed by atoms with E-state index in [1.54, 1.807) is 24.3 Å². The molecule has 1 aromatic rings. The maximum atomic E-state index is 12.3. The maximum absolute atomic E-state index is 12.3. The topological polar surface area (TPSA) is 95.5 Å². The molecule has 0 heterocycles. The molecule has 138 valence electrons. The van der Waals surface area contributed by atoms with Crippen LogP contribution >= 0.6 is 11.8 Å². The fourth-order valence-electron chi connectivity index (χ4n) is 1.80. The lowest BCUT2D eigenvalue weighted by atomic mass is 10.2. The number of nitrogens with one attached hydrogen (secondary N) is 2. The van der Waals surface area contributed by atoms with Crippen LogP contribution in [0.4, 0.5) is 18.9 Å². The third-order valence-corrected chi connectivity index (χ3v) is 4.02. The summed E-state index contributed by atoms with van der Waals surface area (Å²) in [6.07, 6.45) is -6.34. The van der Waals surface area contributed by atoms with Crippen molar-refractivity contribution in [1.29, 1.82) is 0 Å². The zero-order chi connectivity index (χ0) is 19.2. The van der Waals surface area contributed by atoms with Crippen molar-refractivity contribution in [1.82, 2.24) is 5.32 Å². The smallest absolute Gasteiger partial charge is 0.391 e. The zero-order valence-electron chi connectivity index (χ0n) is 13.4. The normalized spacial score (nSPS) is 13.6. The number of hydrogen-bond acceptors (Lipinski definition) is 4. The number of halogens is 3. The number of aliphatic carboxylic acids is 1. The Morgan fingerprint density at radius 1 is 1.20 bits per heavy atom. The van der Waals surface area contributed by atoms with Crippen LogP contribution < -0.4 is 10.6 Å². The maximum Gasteiger partial charge on any atom is 0.391 e. The molecule has 0 aliphatic carbocycles. The summed E-state index contributed by atoms with van der Waals surface area (Å²) in [4.78, 5) is 34.4. The molecule has 0 bridgehead atoms. The van der Waals surface area contributed by atoms with Crippen LogP contribution in [-0.4, -0.2) is 40.4 Å². The summed E-state index contributed by atoms with van der Waals surface area (Å²) in [5, 5.41) is 12.5.